The molecule has 0 N–H and O–H groups in total. The third-order valence-electron chi connectivity index (χ3n) is 6.54. The maximum Gasteiger partial charge on any atom is 0.243 e. The summed E-state index contributed by atoms with van der Waals surface area (Å²) in [7, 11) is -3.45. The van der Waals surface area contributed by atoms with Crippen LogP contribution in [0.1, 0.15) is 24.2 Å². The molecule has 2 aromatic carbocycles. The van der Waals surface area contributed by atoms with Crippen molar-refractivity contribution in [1.29, 1.82) is 0 Å². The number of sulfonamides is 1. The van der Waals surface area contributed by atoms with Gasteiger partial charge in [0.25, 0.3) is 0 Å². The number of aromatic nitrogens is 2. The van der Waals surface area contributed by atoms with Gasteiger partial charge in [-0.25, -0.2) is 17.8 Å². The molecule has 2 aliphatic heterocycles. The zero-order valence-corrected chi connectivity index (χ0v) is 20.7. The molecule has 33 heavy (non-hydrogen) atoms. The van der Waals surface area contributed by atoms with Crippen molar-refractivity contribution in [2.75, 3.05) is 37.3 Å². The van der Waals surface area contributed by atoms with Crippen LogP contribution in [0.4, 0.5) is 9.52 Å². The van der Waals surface area contributed by atoms with Gasteiger partial charge in [0.05, 0.1) is 4.90 Å². The lowest BCUT2D eigenvalue weighted by Crippen LogP contribution is -2.61. The first-order valence-electron chi connectivity index (χ1n) is 10.8. The first-order chi connectivity index (χ1) is 15.9. The van der Waals surface area contributed by atoms with E-state index in [2.05, 4.69) is 14.3 Å². The van der Waals surface area contributed by atoms with Crippen LogP contribution in [0.15, 0.2) is 58.3 Å². The summed E-state index contributed by atoms with van der Waals surface area (Å²) >= 11 is 2.99. The van der Waals surface area contributed by atoms with Crippen molar-refractivity contribution in [3.8, 4) is 0 Å². The van der Waals surface area contributed by atoms with Gasteiger partial charge in [0.15, 0.2) is 0 Å². The highest BCUT2D eigenvalue weighted by Crippen LogP contribution is 2.43. The Balaban J connectivity index is 1.16. The second-order valence-corrected chi connectivity index (χ2v) is 12.3. The Morgan fingerprint density at radius 3 is 2.36 bits per heavy atom. The van der Waals surface area contributed by atoms with Crippen LogP contribution < -0.4 is 4.90 Å². The van der Waals surface area contributed by atoms with E-state index in [9.17, 15) is 12.8 Å². The summed E-state index contributed by atoms with van der Waals surface area (Å²) < 4.78 is 45.3. The number of halogens is 1. The molecule has 5 rings (SSSR count). The number of hydrogen-bond acceptors (Lipinski definition) is 7. The van der Waals surface area contributed by atoms with Crippen LogP contribution in [0, 0.1) is 11.2 Å². The predicted molar refractivity (Wildman–Crippen MR) is 130 cm³/mol. The van der Waals surface area contributed by atoms with Crippen LogP contribution in [0.2, 0.25) is 0 Å². The molecule has 3 heterocycles. The molecular weight excluding hydrogens is 479 g/mol. The molecule has 10 heteroatoms. The Hall–Kier alpha value is -2.01. The SMILES string of the molecule is CSc1ccc(S(=O)(=O)N2CCC3(CC2)CN(c2nc(Cc4ccc(F)cc4)ns2)C3)cc1. The third kappa shape index (κ3) is 4.66. The molecule has 1 spiro atoms. The van der Waals surface area contributed by atoms with E-state index in [0.29, 0.717) is 24.4 Å². The number of rotatable bonds is 6. The molecule has 2 aliphatic rings. The Kier molecular flexibility index (Phi) is 6.19. The van der Waals surface area contributed by atoms with E-state index in [1.165, 1.54) is 23.7 Å². The largest absolute Gasteiger partial charge is 0.346 e. The maximum absolute atomic E-state index is 13.1. The van der Waals surface area contributed by atoms with Crippen LogP contribution in [-0.2, 0) is 16.4 Å². The minimum atomic E-state index is -3.45. The summed E-state index contributed by atoms with van der Waals surface area (Å²) in [5.41, 5.74) is 1.13. The van der Waals surface area contributed by atoms with E-state index < -0.39 is 10.0 Å². The van der Waals surface area contributed by atoms with E-state index in [4.69, 9.17) is 0 Å². The molecule has 1 aromatic heterocycles. The standard InChI is InChI=1S/C23H25FN4O2S3/c1-31-19-6-8-20(9-7-19)33(29,30)28-12-10-23(11-13-28)15-27(16-23)22-25-21(26-32-22)14-17-2-4-18(24)5-3-17/h2-9H,10-16H2,1H3. The highest BCUT2D eigenvalue weighted by atomic mass is 32.2. The molecule has 0 unspecified atom stereocenters. The van der Waals surface area contributed by atoms with Gasteiger partial charge in [0.2, 0.25) is 15.2 Å². The molecule has 0 radical (unpaired) electrons. The Bertz CT molecular complexity index is 1210. The van der Waals surface area contributed by atoms with Crippen molar-refractivity contribution >= 4 is 38.4 Å². The second kappa shape index (κ2) is 8.98. The number of nitrogens with zero attached hydrogens (tertiary/aromatic N) is 4. The normalized spacial score (nSPS) is 18.4. The van der Waals surface area contributed by atoms with E-state index in [1.54, 1.807) is 40.3 Å². The van der Waals surface area contributed by atoms with Crippen molar-refractivity contribution in [2.24, 2.45) is 5.41 Å². The zero-order valence-electron chi connectivity index (χ0n) is 18.3. The van der Waals surface area contributed by atoms with Gasteiger partial charge in [0, 0.05) is 54.4 Å². The predicted octanol–water partition coefficient (Wildman–Crippen LogP) is 4.28. The van der Waals surface area contributed by atoms with Gasteiger partial charge in [-0.3, -0.25) is 0 Å². The van der Waals surface area contributed by atoms with Gasteiger partial charge in [0.1, 0.15) is 11.6 Å². The summed E-state index contributed by atoms with van der Waals surface area (Å²) in [6, 6.07) is 13.5. The lowest BCUT2D eigenvalue weighted by atomic mass is 9.73. The van der Waals surface area contributed by atoms with E-state index in [-0.39, 0.29) is 11.2 Å². The van der Waals surface area contributed by atoms with Crippen LogP contribution in [0.25, 0.3) is 0 Å². The molecule has 3 aromatic rings. The molecule has 0 amide bonds. The fourth-order valence-electron chi connectivity index (χ4n) is 4.54. The van der Waals surface area contributed by atoms with Gasteiger partial charge in [-0.1, -0.05) is 12.1 Å². The lowest BCUT2D eigenvalue weighted by Gasteiger charge is -2.53. The average molecular weight is 505 g/mol. The minimum absolute atomic E-state index is 0.150. The maximum atomic E-state index is 13.1. The average Bonchev–Trinajstić information content (AvgIpc) is 3.27. The third-order valence-corrected chi connectivity index (χ3v) is 10.0. The zero-order chi connectivity index (χ0) is 23.1. The number of piperidine rings is 1. The van der Waals surface area contributed by atoms with Crippen molar-refractivity contribution < 1.29 is 12.8 Å². The Morgan fingerprint density at radius 2 is 1.73 bits per heavy atom. The van der Waals surface area contributed by atoms with Gasteiger partial charge >= 0.3 is 0 Å². The van der Waals surface area contributed by atoms with Crippen LogP contribution in [-0.4, -0.2) is 54.5 Å². The molecule has 6 nitrogen and oxygen atoms in total. The number of hydrogen-bond donors (Lipinski definition) is 0. The van der Waals surface area contributed by atoms with Crippen molar-refractivity contribution in [2.45, 2.75) is 29.1 Å². The monoisotopic (exact) mass is 504 g/mol. The molecule has 174 valence electrons. The smallest absolute Gasteiger partial charge is 0.243 e. The highest BCUT2D eigenvalue weighted by molar-refractivity contribution is 7.98. The summed E-state index contributed by atoms with van der Waals surface area (Å²) in [6.07, 6.45) is 4.27. The van der Waals surface area contributed by atoms with Crippen molar-refractivity contribution in [1.82, 2.24) is 13.7 Å². The molecule has 0 atom stereocenters. The first-order valence-corrected chi connectivity index (χ1v) is 14.3. The molecule has 0 aliphatic carbocycles. The van der Waals surface area contributed by atoms with Crippen molar-refractivity contribution in [3.05, 3.63) is 65.7 Å². The van der Waals surface area contributed by atoms with Gasteiger partial charge in [-0.15, -0.1) is 11.8 Å². The molecule has 2 fully saturated rings. The Morgan fingerprint density at radius 1 is 1.06 bits per heavy atom. The summed E-state index contributed by atoms with van der Waals surface area (Å²) in [5, 5.41) is 0.904. The summed E-state index contributed by atoms with van der Waals surface area (Å²) in [6.45, 7) is 2.86. The van der Waals surface area contributed by atoms with Crippen molar-refractivity contribution in [3.63, 3.8) is 0 Å². The number of thioether (sulfide) groups is 1. The molecular formula is C23H25FN4O2S3. The topological polar surface area (TPSA) is 66.4 Å². The number of anilines is 1. The fourth-order valence-corrected chi connectivity index (χ4v) is 7.08. The van der Waals surface area contributed by atoms with Crippen LogP contribution in [0.3, 0.4) is 0 Å². The second-order valence-electron chi connectivity index (χ2n) is 8.73. The fraction of sp³-hybridized carbons (Fsp3) is 0.391. The summed E-state index contributed by atoms with van der Waals surface area (Å²) in [5.74, 6) is 0.500. The first kappa shape index (κ1) is 22.8. The quantitative estimate of drug-likeness (QED) is 0.467. The van der Waals surface area contributed by atoms with Crippen LogP contribution >= 0.6 is 23.3 Å². The van der Waals surface area contributed by atoms with E-state index in [0.717, 1.165) is 47.3 Å². The number of benzene rings is 2. The lowest BCUT2D eigenvalue weighted by molar-refractivity contribution is 0.114. The molecule has 0 bridgehead atoms. The van der Waals surface area contributed by atoms with Gasteiger partial charge < -0.3 is 4.90 Å². The van der Waals surface area contributed by atoms with E-state index in [1.807, 2.05) is 18.4 Å². The highest BCUT2D eigenvalue weighted by Gasteiger charge is 2.47. The van der Waals surface area contributed by atoms with Gasteiger partial charge in [-0.05, 0) is 61.1 Å². The van der Waals surface area contributed by atoms with E-state index >= 15 is 0 Å². The summed E-state index contributed by atoms with van der Waals surface area (Å²) in [4.78, 5) is 8.32. The van der Waals surface area contributed by atoms with Gasteiger partial charge in [-0.2, -0.15) is 8.68 Å². The Labute approximate surface area is 202 Å². The molecule has 0 saturated carbocycles. The minimum Gasteiger partial charge on any atom is -0.346 e. The van der Waals surface area contributed by atoms with Crippen LogP contribution in [0.5, 0.6) is 0 Å². The molecule has 2 saturated heterocycles.